The fraction of sp³-hybridized carbons (Fsp3) is 0.538. The molecule has 1 unspecified atom stereocenters. The first-order chi connectivity index (χ1) is 7.77. The van der Waals surface area contributed by atoms with Crippen molar-refractivity contribution in [2.24, 2.45) is 5.84 Å². The van der Waals surface area contributed by atoms with Crippen molar-refractivity contribution in [3.05, 3.63) is 33.4 Å². The number of benzene rings is 1. The molecule has 0 saturated carbocycles. The summed E-state index contributed by atoms with van der Waals surface area (Å²) >= 11 is 2.34. The Bertz CT molecular complexity index is 302. The van der Waals surface area contributed by atoms with Crippen LogP contribution in [0.5, 0.6) is 0 Å². The van der Waals surface area contributed by atoms with Gasteiger partial charge in [-0.25, -0.2) is 0 Å². The number of rotatable bonds is 7. The van der Waals surface area contributed by atoms with Gasteiger partial charge in [-0.05, 0) is 46.7 Å². The number of hydrazine groups is 1. The molecule has 0 spiro atoms. The molecule has 1 aromatic carbocycles. The first-order valence-corrected chi connectivity index (χ1v) is 7.07. The molecule has 0 aromatic heterocycles. The highest BCUT2D eigenvalue weighted by Gasteiger charge is 2.08. The van der Waals surface area contributed by atoms with Gasteiger partial charge in [-0.3, -0.25) is 11.3 Å². The van der Waals surface area contributed by atoms with E-state index in [1.807, 2.05) is 0 Å². The van der Waals surface area contributed by atoms with Crippen LogP contribution in [0.4, 0.5) is 0 Å². The molecule has 0 bridgehead atoms. The quantitative estimate of drug-likeness (QED) is 0.345. The van der Waals surface area contributed by atoms with E-state index in [2.05, 4.69) is 59.2 Å². The van der Waals surface area contributed by atoms with Crippen LogP contribution in [-0.2, 0) is 0 Å². The molecule has 0 fully saturated rings. The summed E-state index contributed by atoms with van der Waals surface area (Å²) in [4.78, 5) is 0. The van der Waals surface area contributed by atoms with Crippen LogP contribution < -0.4 is 11.3 Å². The minimum Gasteiger partial charge on any atom is -0.271 e. The molecule has 2 nitrogen and oxygen atoms in total. The zero-order valence-electron chi connectivity index (χ0n) is 9.88. The maximum Gasteiger partial charge on any atom is 0.0460 e. The maximum atomic E-state index is 5.62. The van der Waals surface area contributed by atoms with Crippen molar-refractivity contribution in [3.8, 4) is 0 Å². The second-order valence-corrected chi connectivity index (χ2v) is 5.37. The summed E-state index contributed by atoms with van der Waals surface area (Å²) in [6.07, 6.45) is 6.27. The number of unbranched alkanes of at least 4 members (excludes halogenated alkanes) is 3. The molecule has 0 aliphatic heterocycles. The molecule has 0 heterocycles. The number of nitrogens with one attached hydrogen (secondary N) is 1. The Labute approximate surface area is 112 Å². The smallest absolute Gasteiger partial charge is 0.0460 e. The third kappa shape index (κ3) is 4.80. The van der Waals surface area contributed by atoms with Crippen LogP contribution in [0.2, 0.25) is 0 Å². The Morgan fingerprint density at radius 2 is 2.12 bits per heavy atom. The molecule has 3 N–H and O–H groups in total. The van der Waals surface area contributed by atoms with Gasteiger partial charge in [0.2, 0.25) is 0 Å². The Morgan fingerprint density at radius 1 is 1.31 bits per heavy atom. The SMILES string of the molecule is CCCCCCC(NN)c1cccc(I)c1. The first kappa shape index (κ1) is 13.9. The zero-order chi connectivity index (χ0) is 11.8. The van der Waals surface area contributed by atoms with E-state index in [1.54, 1.807) is 0 Å². The number of hydrogen-bond donors (Lipinski definition) is 2. The first-order valence-electron chi connectivity index (χ1n) is 5.99. The molecule has 0 radical (unpaired) electrons. The number of halogens is 1. The van der Waals surface area contributed by atoms with E-state index in [4.69, 9.17) is 5.84 Å². The third-order valence-electron chi connectivity index (χ3n) is 2.80. The lowest BCUT2D eigenvalue weighted by Crippen LogP contribution is -2.28. The highest BCUT2D eigenvalue weighted by molar-refractivity contribution is 14.1. The molecule has 16 heavy (non-hydrogen) atoms. The summed E-state index contributed by atoms with van der Waals surface area (Å²) in [5.74, 6) is 5.62. The van der Waals surface area contributed by atoms with Crippen molar-refractivity contribution in [3.63, 3.8) is 0 Å². The van der Waals surface area contributed by atoms with Crippen molar-refractivity contribution in [2.75, 3.05) is 0 Å². The molecule has 1 rings (SSSR count). The van der Waals surface area contributed by atoms with E-state index >= 15 is 0 Å². The maximum absolute atomic E-state index is 5.62. The Morgan fingerprint density at radius 3 is 2.75 bits per heavy atom. The lowest BCUT2D eigenvalue weighted by atomic mass is 10.0. The Balaban J connectivity index is 2.47. The van der Waals surface area contributed by atoms with Crippen molar-refractivity contribution >= 4 is 22.6 Å². The normalized spacial score (nSPS) is 12.7. The number of hydrogen-bond acceptors (Lipinski definition) is 2. The molecule has 0 saturated heterocycles. The topological polar surface area (TPSA) is 38.0 Å². The molecule has 90 valence electrons. The average Bonchev–Trinajstić information content (AvgIpc) is 2.29. The van der Waals surface area contributed by atoms with Gasteiger partial charge >= 0.3 is 0 Å². The molecular weight excluding hydrogens is 311 g/mol. The minimum absolute atomic E-state index is 0.298. The van der Waals surface area contributed by atoms with Crippen molar-refractivity contribution in [2.45, 2.75) is 45.1 Å². The highest BCUT2D eigenvalue weighted by Crippen LogP contribution is 2.21. The molecule has 3 heteroatoms. The van der Waals surface area contributed by atoms with Crippen LogP contribution in [0.3, 0.4) is 0 Å². The fourth-order valence-corrected chi connectivity index (χ4v) is 2.41. The van der Waals surface area contributed by atoms with Gasteiger partial charge in [0, 0.05) is 9.61 Å². The molecular formula is C13H21IN2. The fourth-order valence-electron chi connectivity index (χ4n) is 1.84. The average molecular weight is 332 g/mol. The number of nitrogens with two attached hydrogens (primary N) is 1. The van der Waals surface area contributed by atoms with Gasteiger partial charge < -0.3 is 0 Å². The van der Waals surface area contributed by atoms with Gasteiger partial charge in [0.1, 0.15) is 0 Å². The van der Waals surface area contributed by atoms with Crippen LogP contribution in [0.25, 0.3) is 0 Å². The van der Waals surface area contributed by atoms with E-state index in [9.17, 15) is 0 Å². The molecule has 0 aliphatic rings. The van der Waals surface area contributed by atoms with E-state index < -0.39 is 0 Å². The van der Waals surface area contributed by atoms with Crippen LogP contribution in [0.1, 0.15) is 50.6 Å². The Kier molecular flexibility index (Phi) is 7.00. The van der Waals surface area contributed by atoms with E-state index in [0.29, 0.717) is 6.04 Å². The third-order valence-corrected chi connectivity index (χ3v) is 3.47. The van der Waals surface area contributed by atoms with Crippen molar-refractivity contribution < 1.29 is 0 Å². The van der Waals surface area contributed by atoms with Gasteiger partial charge in [-0.2, -0.15) is 0 Å². The summed E-state index contributed by atoms with van der Waals surface area (Å²) in [5.41, 5.74) is 4.22. The monoisotopic (exact) mass is 332 g/mol. The minimum atomic E-state index is 0.298. The summed E-state index contributed by atoms with van der Waals surface area (Å²) in [7, 11) is 0. The summed E-state index contributed by atoms with van der Waals surface area (Å²) in [6.45, 7) is 2.23. The molecule has 1 atom stereocenters. The summed E-state index contributed by atoms with van der Waals surface area (Å²) in [5, 5.41) is 0. The lowest BCUT2D eigenvalue weighted by molar-refractivity contribution is 0.482. The van der Waals surface area contributed by atoms with Gasteiger partial charge in [-0.1, -0.05) is 44.7 Å². The standard InChI is InChI=1S/C13H21IN2/c1-2-3-4-5-9-13(16-15)11-7-6-8-12(14)10-11/h6-8,10,13,16H,2-5,9,15H2,1H3. The van der Waals surface area contributed by atoms with Gasteiger partial charge in [0.25, 0.3) is 0 Å². The van der Waals surface area contributed by atoms with Crippen molar-refractivity contribution in [1.82, 2.24) is 5.43 Å². The zero-order valence-corrected chi connectivity index (χ0v) is 12.0. The van der Waals surface area contributed by atoms with Crippen LogP contribution in [0, 0.1) is 3.57 Å². The van der Waals surface area contributed by atoms with Crippen molar-refractivity contribution in [1.29, 1.82) is 0 Å². The van der Waals surface area contributed by atoms with E-state index in [1.165, 1.54) is 34.8 Å². The second-order valence-electron chi connectivity index (χ2n) is 4.12. The van der Waals surface area contributed by atoms with Crippen LogP contribution >= 0.6 is 22.6 Å². The predicted octanol–water partition coefficient (Wildman–Crippen LogP) is 3.77. The van der Waals surface area contributed by atoms with Crippen LogP contribution in [0.15, 0.2) is 24.3 Å². The Hall–Kier alpha value is -0.130. The molecule has 0 amide bonds. The van der Waals surface area contributed by atoms with Gasteiger partial charge in [0.15, 0.2) is 0 Å². The van der Waals surface area contributed by atoms with Gasteiger partial charge in [0.05, 0.1) is 0 Å². The molecule has 1 aromatic rings. The highest BCUT2D eigenvalue weighted by atomic mass is 127. The van der Waals surface area contributed by atoms with E-state index in [-0.39, 0.29) is 0 Å². The van der Waals surface area contributed by atoms with Crippen LogP contribution in [-0.4, -0.2) is 0 Å². The van der Waals surface area contributed by atoms with Gasteiger partial charge in [-0.15, -0.1) is 0 Å². The summed E-state index contributed by atoms with van der Waals surface area (Å²) < 4.78 is 1.27. The largest absolute Gasteiger partial charge is 0.271 e. The van der Waals surface area contributed by atoms with E-state index in [0.717, 1.165) is 6.42 Å². The lowest BCUT2D eigenvalue weighted by Gasteiger charge is -2.16. The predicted molar refractivity (Wildman–Crippen MR) is 78.0 cm³/mol. The second kappa shape index (κ2) is 8.03. The molecule has 0 aliphatic carbocycles. The summed E-state index contributed by atoms with van der Waals surface area (Å²) in [6, 6.07) is 8.84.